The molecule has 3 aromatic heterocycles. The third kappa shape index (κ3) is 5.13. The minimum Gasteiger partial charge on any atom is -0.349 e. The number of nitrogens with one attached hydrogen (secondary N) is 1. The Morgan fingerprint density at radius 2 is 1.84 bits per heavy atom. The van der Waals surface area contributed by atoms with Crippen LogP contribution < -0.4 is 11.0 Å². The van der Waals surface area contributed by atoms with Crippen LogP contribution in [0.25, 0.3) is 16.7 Å². The van der Waals surface area contributed by atoms with Crippen LogP contribution >= 0.6 is 11.6 Å². The summed E-state index contributed by atoms with van der Waals surface area (Å²) >= 11 is 5.89. The summed E-state index contributed by atoms with van der Waals surface area (Å²) < 4.78 is 30.2. The first kappa shape index (κ1) is 25.1. The Balaban J connectivity index is 1.30. The maximum Gasteiger partial charge on any atom is 0.333 e. The highest BCUT2D eigenvalue weighted by molar-refractivity contribution is 6.30. The van der Waals surface area contributed by atoms with E-state index < -0.39 is 18.0 Å². The summed E-state index contributed by atoms with van der Waals surface area (Å²) in [6, 6.07) is 12.5. The van der Waals surface area contributed by atoms with E-state index in [-0.39, 0.29) is 28.2 Å². The molecular formula is C27H26ClF2N5O2. The number of carbonyl (C=O) groups excluding carboxylic acids is 1. The van der Waals surface area contributed by atoms with Crippen molar-refractivity contribution in [2.24, 2.45) is 5.92 Å². The molecule has 3 heterocycles. The van der Waals surface area contributed by atoms with Crippen LogP contribution in [0.5, 0.6) is 0 Å². The zero-order valence-corrected chi connectivity index (χ0v) is 21.0. The molecule has 0 atom stereocenters. The molecular weight excluding hydrogens is 500 g/mol. The van der Waals surface area contributed by atoms with Crippen LogP contribution in [0.1, 0.15) is 53.9 Å². The van der Waals surface area contributed by atoms with Crippen LogP contribution in [0.2, 0.25) is 5.02 Å². The van der Waals surface area contributed by atoms with Crippen molar-refractivity contribution in [3.8, 4) is 5.69 Å². The van der Waals surface area contributed by atoms with E-state index in [9.17, 15) is 18.4 Å². The van der Waals surface area contributed by atoms with Gasteiger partial charge in [-0.3, -0.25) is 23.9 Å². The third-order valence-corrected chi connectivity index (χ3v) is 7.14. The second-order valence-corrected chi connectivity index (χ2v) is 9.89. The minimum atomic E-state index is -2.87. The molecule has 192 valence electrons. The zero-order valence-electron chi connectivity index (χ0n) is 20.2. The number of carbonyl (C=O) groups is 1. The van der Waals surface area contributed by atoms with Crippen molar-refractivity contribution in [2.45, 2.75) is 51.6 Å². The molecule has 4 aromatic rings. The summed E-state index contributed by atoms with van der Waals surface area (Å²) in [4.78, 5) is 34.1. The SMILES string of the molecule is Cc1cc(-n2c(=O)n(CC3CCC(NC(=O)c4cc(Cl)cnc4C(F)F)CC3)c3ccccc32)ccn1. The monoisotopic (exact) mass is 525 g/mol. The Bertz CT molecular complexity index is 1510. The van der Waals surface area contributed by atoms with Crippen LogP contribution in [-0.4, -0.2) is 31.1 Å². The molecule has 1 aliphatic rings. The van der Waals surface area contributed by atoms with E-state index >= 15 is 0 Å². The molecule has 1 amide bonds. The lowest BCUT2D eigenvalue weighted by Crippen LogP contribution is -2.39. The highest BCUT2D eigenvalue weighted by Gasteiger charge is 2.27. The molecule has 1 N–H and O–H groups in total. The summed E-state index contributed by atoms with van der Waals surface area (Å²) in [7, 11) is 0. The van der Waals surface area contributed by atoms with Crippen molar-refractivity contribution in [3.05, 3.63) is 87.3 Å². The number of pyridine rings is 2. The second-order valence-electron chi connectivity index (χ2n) is 9.45. The van der Waals surface area contributed by atoms with Crippen LogP contribution in [0.3, 0.4) is 0 Å². The largest absolute Gasteiger partial charge is 0.349 e. The fourth-order valence-electron chi connectivity index (χ4n) is 5.12. The van der Waals surface area contributed by atoms with E-state index in [1.807, 2.05) is 47.9 Å². The number of alkyl halides is 2. The normalized spacial score (nSPS) is 17.9. The number of hydrogen-bond acceptors (Lipinski definition) is 4. The van der Waals surface area contributed by atoms with E-state index in [0.29, 0.717) is 19.4 Å². The van der Waals surface area contributed by atoms with Gasteiger partial charge in [0.15, 0.2) is 0 Å². The molecule has 0 aliphatic heterocycles. The minimum absolute atomic E-state index is 0.102. The van der Waals surface area contributed by atoms with Crippen LogP contribution in [0.4, 0.5) is 8.78 Å². The van der Waals surface area contributed by atoms with E-state index in [2.05, 4.69) is 15.3 Å². The Labute approximate surface area is 217 Å². The fraction of sp³-hybridized carbons (Fsp3) is 0.333. The van der Waals surface area contributed by atoms with Gasteiger partial charge in [-0.2, -0.15) is 0 Å². The number of amides is 1. The van der Waals surface area contributed by atoms with E-state index in [0.717, 1.165) is 41.5 Å². The van der Waals surface area contributed by atoms with Crippen molar-refractivity contribution in [2.75, 3.05) is 0 Å². The van der Waals surface area contributed by atoms with Gasteiger partial charge in [-0.15, -0.1) is 0 Å². The number of benzene rings is 1. The molecule has 37 heavy (non-hydrogen) atoms. The number of aryl methyl sites for hydroxylation is 1. The zero-order chi connectivity index (χ0) is 26.1. The first-order valence-electron chi connectivity index (χ1n) is 12.2. The number of nitrogens with zero attached hydrogens (tertiary/aromatic N) is 4. The average molecular weight is 526 g/mol. The summed E-state index contributed by atoms with van der Waals surface area (Å²) in [6.07, 6.45) is 2.89. The van der Waals surface area contributed by atoms with Gasteiger partial charge in [0.2, 0.25) is 0 Å². The molecule has 7 nitrogen and oxygen atoms in total. The molecule has 0 saturated heterocycles. The number of para-hydroxylation sites is 2. The average Bonchev–Trinajstić information content (AvgIpc) is 3.16. The summed E-state index contributed by atoms with van der Waals surface area (Å²) in [5, 5.41) is 2.99. The molecule has 0 bridgehead atoms. The number of rotatable bonds is 6. The Kier molecular flexibility index (Phi) is 7.06. The van der Waals surface area contributed by atoms with Gasteiger partial charge in [0.05, 0.1) is 27.3 Å². The molecule has 5 rings (SSSR count). The Morgan fingerprint density at radius 3 is 2.54 bits per heavy atom. The van der Waals surface area contributed by atoms with E-state index in [1.54, 1.807) is 10.8 Å². The van der Waals surface area contributed by atoms with Crippen molar-refractivity contribution < 1.29 is 13.6 Å². The molecule has 0 radical (unpaired) electrons. The summed E-state index contributed by atoms with van der Waals surface area (Å²) in [5.74, 6) is -0.352. The molecule has 0 unspecified atom stereocenters. The van der Waals surface area contributed by atoms with Gasteiger partial charge in [0.1, 0.15) is 5.69 Å². The smallest absolute Gasteiger partial charge is 0.333 e. The molecule has 0 spiro atoms. The van der Waals surface area contributed by atoms with Gasteiger partial charge in [-0.1, -0.05) is 23.7 Å². The van der Waals surface area contributed by atoms with Crippen LogP contribution in [0, 0.1) is 12.8 Å². The topological polar surface area (TPSA) is 81.8 Å². The maximum atomic E-state index is 13.5. The lowest BCUT2D eigenvalue weighted by atomic mass is 9.85. The molecule has 1 fully saturated rings. The first-order chi connectivity index (χ1) is 17.8. The van der Waals surface area contributed by atoms with Gasteiger partial charge in [-0.05, 0) is 68.9 Å². The first-order valence-corrected chi connectivity index (χ1v) is 12.6. The maximum absolute atomic E-state index is 13.5. The second kappa shape index (κ2) is 10.4. The third-order valence-electron chi connectivity index (χ3n) is 6.93. The Hall–Kier alpha value is -3.59. The Morgan fingerprint density at radius 1 is 1.11 bits per heavy atom. The lowest BCUT2D eigenvalue weighted by Gasteiger charge is -2.29. The van der Waals surface area contributed by atoms with Gasteiger partial charge in [-0.25, -0.2) is 13.6 Å². The quantitative estimate of drug-likeness (QED) is 0.362. The van der Waals surface area contributed by atoms with Crippen molar-refractivity contribution in [3.63, 3.8) is 0 Å². The molecule has 1 aliphatic carbocycles. The van der Waals surface area contributed by atoms with Crippen molar-refractivity contribution in [1.29, 1.82) is 0 Å². The highest BCUT2D eigenvalue weighted by Crippen LogP contribution is 2.29. The predicted molar refractivity (Wildman–Crippen MR) is 137 cm³/mol. The predicted octanol–water partition coefficient (Wildman–Crippen LogP) is 5.47. The lowest BCUT2D eigenvalue weighted by molar-refractivity contribution is 0.0904. The van der Waals surface area contributed by atoms with Gasteiger partial charge in [0.25, 0.3) is 12.3 Å². The number of fused-ring (bicyclic) bond motifs is 1. The molecule has 1 aromatic carbocycles. The number of halogens is 3. The summed E-state index contributed by atoms with van der Waals surface area (Å²) in [5.41, 5.74) is 2.43. The summed E-state index contributed by atoms with van der Waals surface area (Å²) in [6.45, 7) is 2.45. The number of hydrogen-bond donors (Lipinski definition) is 1. The fourth-order valence-corrected chi connectivity index (χ4v) is 5.28. The van der Waals surface area contributed by atoms with Crippen LogP contribution in [-0.2, 0) is 6.54 Å². The number of imidazole rings is 1. The van der Waals surface area contributed by atoms with E-state index in [4.69, 9.17) is 11.6 Å². The van der Waals surface area contributed by atoms with Crippen molar-refractivity contribution >= 4 is 28.5 Å². The standard InChI is InChI=1S/C27H26ClF2N5O2/c1-16-12-20(10-11-31-16)35-23-5-3-2-4-22(23)34(27(35)37)15-17-6-8-19(9-7-17)33-26(36)21-13-18(28)14-32-24(21)25(29)30/h2-5,10-14,17,19,25H,6-9,15H2,1H3,(H,33,36). The number of aromatic nitrogens is 4. The van der Waals surface area contributed by atoms with Gasteiger partial charge >= 0.3 is 5.69 Å². The van der Waals surface area contributed by atoms with Gasteiger partial charge < -0.3 is 5.32 Å². The highest BCUT2D eigenvalue weighted by atomic mass is 35.5. The van der Waals surface area contributed by atoms with Crippen LogP contribution in [0.15, 0.2) is 59.7 Å². The molecule has 10 heteroatoms. The van der Waals surface area contributed by atoms with E-state index in [1.165, 1.54) is 6.07 Å². The van der Waals surface area contributed by atoms with Gasteiger partial charge in [0, 0.05) is 30.7 Å². The molecule has 1 saturated carbocycles. The van der Waals surface area contributed by atoms with Crippen molar-refractivity contribution in [1.82, 2.24) is 24.4 Å².